The van der Waals surface area contributed by atoms with Crippen molar-refractivity contribution in [1.29, 1.82) is 0 Å². The number of rotatable bonds is 7. The number of anilines is 1. The molecular formula is C24H32N4O4S. The first-order valence-electron chi connectivity index (χ1n) is 11.7. The van der Waals surface area contributed by atoms with E-state index in [4.69, 9.17) is 14.5 Å². The summed E-state index contributed by atoms with van der Waals surface area (Å²) in [6.07, 6.45) is 4.09. The average molecular weight is 473 g/mol. The van der Waals surface area contributed by atoms with Gasteiger partial charge in [0.2, 0.25) is 11.0 Å². The molecule has 0 N–H and O–H groups in total. The topological polar surface area (TPSA) is 84.9 Å². The van der Waals surface area contributed by atoms with Crippen LogP contribution in [0.5, 0.6) is 5.75 Å². The van der Waals surface area contributed by atoms with Crippen LogP contribution >= 0.6 is 11.5 Å². The summed E-state index contributed by atoms with van der Waals surface area (Å²) >= 11 is 1.39. The molecule has 0 saturated carbocycles. The SMILES string of the molecule is CCOC(=O)C1CCCN(C(=O)C2CCCN(c3nc(Cc4cccc(OC)c4)ns3)C2)C1. The molecule has 8 nitrogen and oxygen atoms in total. The number of amides is 1. The van der Waals surface area contributed by atoms with Crippen molar-refractivity contribution in [2.24, 2.45) is 11.8 Å². The number of ether oxygens (including phenoxy) is 2. The van der Waals surface area contributed by atoms with E-state index in [2.05, 4.69) is 9.27 Å². The Morgan fingerprint density at radius 2 is 1.97 bits per heavy atom. The maximum Gasteiger partial charge on any atom is 0.310 e. The average Bonchev–Trinajstić information content (AvgIpc) is 3.32. The normalized spacial score (nSPS) is 21.0. The van der Waals surface area contributed by atoms with Crippen molar-refractivity contribution in [3.8, 4) is 5.75 Å². The van der Waals surface area contributed by atoms with Crippen LogP contribution in [0.2, 0.25) is 0 Å². The summed E-state index contributed by atoms with van der Waals surface area (Å²) in [5, 5.41) is 0.869. The molecule has 1 aromatic heterocycles. The van der Waals surface area contributed by atoms with Gasteiger partial charge >= 0.3 is 5.97 Å². The van der Waals surface area contributed by atoms with E-state index >= 15 is 0 Å². The second-order valence-corrected chi connectivity index (χ2v) is 9.41. The molecule has 0 radical (unpaired) electrons. The molecule has 3 heterocycles. The van der Waals surface area contributed by atoms with Gasteiger partial charge in [-0.25, -0.2) is 4.98 Å². The minimum atomic E-state index is -0.204. The van der Waals surface area contributed by atoms with Gasteiger partial charge in [-0.1, -0.05) is 12.1 Å². The standard InChI is InChI=1S/C24H32N4O4S/c1-3-32-23(30)19-9-6-11-27(16-19)22(29)18-8-5-12-28(15-18)24-25-21(26-33-24)14-17-7-4-10-20(13-17)31-2/h4,7,10,13,18-19H,3,5-6,8-9,11-12,14-16H2,1-2H3. The third kappa shape index (κ3) is 5.82. The zero-order chi connectivity index (χ0) is 23.2. The maximum atomic E-state index is 13.3. The van der Waals surface area contributed by atoms with Gasteiger partial charge in [0.15, 0.2) is 0 Å². The zero-order valence-corrected chi connectivity index (χ0v) is 20.2. The van der Waals surface area contributed by atoms with Crippen molar-refractivity contribution in [2.75, 3.05) is 44.8 Å². The predicted molar refractivity (Wildman–Crippen MR) is 127 cm³/mol. The van der Waals surface area contributed by atoms with E-state index in [1.54, 1.807) is 7.11 Å². The Balaban J connectivity index is 1.36. The van der Waals surface area contributed by atoms with Crippen LogP contribution in [0.15, 0.2) is 24.3 Å². The molecule has 2 atom stereocenters. The quantitative estimate of drug-likeness (QED) is 0.572. The fraction of sp³-hybridized carbons (Fsp3) is 0.583. The highest BCUT2D eigenvalue weighted by molar-refractivity contribution is 7.09. The molecule has 4 rings (SSSR count). The van der Waals surface area contributed by atoms with Crippen LogP contribution < -0.4 is 9.64 Å². The first kappa shape index (κ1) is 23.5. The van der Waals surface area contributed by atoms with E-state index in [9.17, 15) is 9.59 Å². The molecule has 0 bridgehead atoms. The van der Waals surface area contributed by atoms with Crippen molar-refractivity contribution in [3.63, 3.8) is 0 Å². The maximum absolute atomic E-state index is 13.3. The number of hydrogen-bond acceptors (Lipinski definition) is 8. The van der Waals surface area contributed by atoms with Gasteiger partial charge in [0, 0.05) is 44.1 Å². The fourth-order valence-electron chi connectivity index (χ4n) is 4.65. The Bertz CT molecular complexity index is 965. The number of hydrogen-bond donors (Lipinski definition) is 0. The summed E-state index contributed by atoms with van der Waals surface area (Å²) in [5.41, 5.74) is 1.10. The molecule has 33 heavy (non-hydrogen) atoms. The lowest BCUT2D eigenvalue weighted by Crippen LogP contribution is -2.49. The highest BCUT2D eigenvalue weighted by atomic mass is 32.1. The third-order valence-electron chi connectivity index (χ3n) is 6.35. The van der Waals surface area contributed by atoms with Crippen molar-refractivity contribution < 1.29 is 19.1 Å². The number of methoxy groups -OCH3 is 1. The van der Waals surface area contributed by atoms with E-state index in [1.807, 2.05) is 36.1 Å². The minimum absolute atomic E-state index is 0.0783. The Kier molecular flexibility index (Phi) is 7.80. The number of aromatic nitrogens is 2. The summed E-state index contributed by atoms with van der Waals surface area (Å²) in [7, 11) is 1.66. The summed E-state index contributed by atoms with van der Waals surface area (Å²) in [5.74, 6) is 1.29. The number of esters is 1. The Morgan fingerprint density at radius 3 is 2.79 bits per heavy atom. The van der Waals surface area contributed by atoms with Crippen LogP contribution in [-0.2, 0) is 20.7 Å². The van der Waals surface area contributed by atoms with Gasteiger partial charge in [-0.05, 0) is 50.3 Å². The number of nitrogens with zero attached hydrogens (tertiary/aromatic N) is 4. The van der Waals surface area contributed by atoms with Crippen LogP contribution in [0.3, 0.4) is 0 Å². The second kappa shape index (κ2) is 11.0. The largest absolute Gasteiger partial charge is 0.497 e. The molecule has 2 fully saturated rings. The molecule has 2 unspecified atom stereocenters. The lowest BCUT2D eigenvalue weighted by atomic mass is 9.93. The van der Waals surface area contributed by atoms with Gasteiger partial charge < -0.3 is 19.3 Å². The monoisotopic (exact) mass is 472 g/mol. The smallest absolute Gasteiger partial charge is 0.310 e. The van der Waals surface area contributed by atoms with Gasteiger partial charge in [0.1, 0.15) is 11.6 Å². The summed E-state index contributed by atoms with van der Waals surface area (Å²) in [6, 6.07) is 7.93. The second-order valence-electron chi connectivity index (χ2n) is 8.68. The molecule has 178 valence electrons. The van der Waals surface area contributed by atoms with Crippen molar-refractivity contribution >= 4 is 28.5 Å². The van der Waals surface area contributed by atoms with Gasteiger partial charge in [-0.3, -0.25) is 9.59 Å². The lowest BCUT2D eigenvalue weighted by Gasteiger charge is -2.37. The van der Waals surface area contributed by atoms with Crippen LogP contribution in [0.4, 0.5) is 5.13 Å². The van der Waals surface area contributed by atoms with Crippen molar-refractivity contribution in [1.82, 2.24) is 14.3 Å². The fourth-order valence-corrected chi connectivity index (χ4v) is 5.37. The number of carbonyl (C=O) groups excluding carboxylic acids is 2. The molecule has 0 aliphatic carbocycles. The highest BCUT2D eigenvalue weighted by Gasteiger charge is 2.35. The number of piperidine rings is 2. The van der Waals surface area contributed by atoms with E-state index < -0.39 is 0 Å². The minimum Gasteiger partial charge on any atom is -0.497 e. The van der Waals surface area contributed by atoms with Gasteiger partial charge in [0.05, 0.1) is 25.6 Å². The zero-order valence-electron chi connectivity index (χ0n) is 19.4. The molecule has 2 aliphatic heterocycles. The molecule has 0 spiro atoms. The number of carbonyl (C=O) groups is 2. The highest BCUT2D eigenvalue weighted by Crippen LogP contribution is 2.28. The van der Waals surface area contributed by atoms with E-state index in [-0.39, 0.29) is 23.7 Å². The van der Waals surface area contributed by atoms with E-state index in [1.165, 1.54) is 11.5 Å². The Hall–Kier alpha value is -2.68. The first-order chi connectivity index (χ1) is 16.1. The Labute approximate surface area is 199 Å². The molecular weight excluding hydrogens is 440 g/mol. The lowest BCUT2D eigenvalue weighted by molar-refractivity contribution is -0.152. The van der Waals surface area contributed by atoms with E-state index in [0.29, 0.717) is 32.7 Å². The van der Waals surface area contributed by atoms with Crippen molar-refractivity contribution in [2.45, 2.75) is 39.0 Å². The molecule has 1 aromatic carbocycles. The molecule has 2 aliphatic rings. The van der Waals surface area contributed by atoms with Gasteiger partial charge in [0.25, 0.3) is 0 Å². The number of benzene rings is 1. The summed E-state index contributed by atoms with van der Waals surface area (Å²) < 4.78 is 15.0. The van der Waals surface area contributed by atoms with Crippen LogP contribution in [0, 0.1) is 11.8 Å². The molecule has 1 amide bonds. The van der Waals surface area contributed by atoms with Crippen LogP contribution in [0.1, 0.15) is 44.0 Å². The predicted octanol–water partition coefficient (Wildman–Crippen LogP) is 3.16. The van der Waals surface area contributed by atoms with Crippen LogP contribution in [0.25, 0.3) is 0 Å². The summed E-state index contributed by atoms with van der Waals surface area (Å²) in [6.45, 7) is 4.90. The van der Waals surface area contributed by atoms with E-state index in [0.717, 1.165) is 54.5 Å². The third-order valence-corrected chi connectivity index (χ3v) is 7.16. The summed E-state index contributed by atoms with van der Waals surface area (Å²) in [4.78, 5) is 34.2. The van der Waals surface area contributed by atoms with Gasteiger partial charge in [-0.2, -0.15) is 4.37 Å². The van der Waals surface area contributed by atoms with Crippen LogP contribution in [-0.4, -0.2) is 66.0 Å². The Morgan fingerprint density at radius 1 is 1.15 bits per heavy atom. The molecule has 2 aromatic rings. The van der Waals surface area contributed by atoms with Crippen molar-refractivity contribution in [3.05, 3.63) is 35.7 Å². The first-order valence-corrected chi connectivity index (χ1v) is 12.5. The molecule has 9 heteroatoms. The molecule has 2 saturated heterocycles. The number of likely N-dealkylation sites (tertiary alicyclic amines) is 1. The van der Waals surface area contributed by atoms with Gasteiger partial charge in [-0.15, -0.1) is 0 Å².